The zero-order valence-electron chi connectivity index (χ0n) is 12.6. The summed E-state index contributed by atoms with van der Waals surface area (Å²) in [6, 6.07) is 8.58. The van der Waals surface area contributed by atoms with Gasteiger partial charge >= 0.3 is 0 Å². The van der Waals surface area contributed by atoms with Crippen LogP contribution in [0.3, 0.4) is 0 Å². The number of aliphatic hydroxyl groups excluding tert-OH is 2. The summed E-state index contributed by atoms with van der Waals surface area (Å²) in [5.74, 6) is 0.308. The summed E-state index contributed by atoms with van der Waals surface area (Å²) in [5.41, 5.74) is 3.66. The van der Waals surface area contributed by atoms with Gasteiger partial charge < -0.3 is 14.8 Å². The van der Waals surface area contributed by atoms with E-state index in [0.29, 0.717) is 5.92 Å². The molecule has 0 amide bonds. The van der Waals surface area contributed by atoms with E-state index in [9.17, 15) is 10.2 Å². The maximum atomic E-state index is 10.7. The number of fused-ring (bicyclic) bond motifs is 3. The fourth-order valence-corrected chi connectivity index (χ4v) is 4.08. The van der Waals surface area contributed by atoms with Crippen LogP contribution in [-0.4, -0.2) is 32.0 Å². The zero-order chi connectivity index (χ0) is 15.1. The Morgan fingerprint density at radius 3 is 2.77 bits per heavy atom. The molecule has 1 fully saturated rings. The normalized spacial score (nSPS) is 28.2. The molecule has 4 heteroatoms. The average molecular weight is 298 g/mol. The number of nitrogens with zero attached hydrogens (tertiary/aromatic N) is 2. The Hall–Kier alpha value is -1.65. The highest BCUT2D eigenvalue weighted by atomic mass is 16.3. The van der Waals surface area contributed by atoms with Crippen LogP contribution in [0.5, 0.6) is 0 Å². The first kappa shape index (κ1) is 14.0. The Bertz CT molecular complexity index is 659. The second-order valence-electron chi connectivity index (χ2n) is 6.66. The minimum absolute atomic E-state index is 0.170. The number of hydrogen-bond acceptors (Lipinski definition) is 3. The van der Waals surface area contributed by atoms with Gasteiger partial charge in [0.05, 0.1) is 36.5 Å². The molecule has 4 nitrogen and oxygen atoms in total. The highest BCUT2D eigenvalue weighted by Gasteiger charge is 2.33. The third-order valence-corrected chi connectivity index (χ3v) is 5.35. The number of hydrogen-bond donors (Lipinski definition) is 2. The highest BCUT2D eigenvalue weighted by Crippen LogP contribution is 2.42. The van der Waals surface area contributed by atoms with Crippen molar-refractivity contribution in [1.29, 1.82) is 0 Å². The number of benzene rings is 1. The van der Waals surface area contributed by atoms with E-state index in [-0.39, 0.29) is 18.2 Å². The lowest BCUT2D eigenvalue weighted by atomic mass is 9.81. The van der Waals surface area contributed by atoms with Crippen LogP contribution in [0.25, 0.3) is 11.3 Å². The molecule has 0 radical (unpaired) electrons. The molecule has 22 heavy (non-hydrogen) atoms. The molecule has 0 saturated heterocycles. The van der Waals surface area contributed by atoms with E-state index in [2.05, 4.69) is 33.8 Å². The summed E-state index contributed by atoms with van der Waals surface area (Å²) in [6.07, 6.45) is 7.50. The smallest absolute Gasteiger partial charge is 0.0956 e. The molecule has 1 aromatic carbocycles. The minimum atomic E-state index is -0.320. The molecule has 2 atom stereocenters. The molecule has 2 aromatic rings. The first-order valence-corrected chi connectivity index (χ1v) is 8.21. The fraction of sp³-hybridized carbons (Fsp3) is 0.500. The lowest BCUT2D eigenvalue weighted by molar-refractivity contribution is 0.0330. The van der Waals surface area contributed by atoms with Gasteiger partial charge in [0.2, 0.25) is 0 Å². The van der Waals surface area contributed by atoms with Gasteiger partial charge in [-0.25, -0.2) is 4.98 Å². The van der Waals surface area contributed by atoms with Crippen LogP contribution in [0.1, 0.15) is 43.7 Å². The van der Waals surface area contributed by atoms with Gasteiger partial charge in [-0.05, 0) is 43.6 Å². The van der Waals surface area contributed by atoms with E-state index in [1.807, 2.05) is 12.5 Å². The summed E-state index contributed by atoms with van der Waals surface area (Å²) >= 11 is 0. The summed E-state index contributed by atoms with van der Waals surface area (Å²) < 4.78 is 2.19. The molecule has 4 rings (SSSR count). The van der Waals surface area contributed by atoms with Crippen molar-refractivity contribution in [2.75, 3.05) is 0 Å². The van der Waals surface area contributed by atoms with Gasteiger partial charge in [-0.2, -0.15) is 0 Å². The van der Waals surface area contributed by atoms with Gasteiger partial charge in [0.15, 0.2) is 0 Å². The predicted octanol–water partition coefficient (Wildman–Crippen LogP) is 2.76. The van der Waals surface area contributed by atoms with Crippen LogP contribution in [0.4, 0.5) is 0 Å². The first-order valence-electron chi connectivity index (χ1n) is 8.21. The molecule has 116 valence electrons. The third kappa shape index (κ3) is 2.27. The van der Waals surface area contributed by atoms with Crippen molar-refractivity contribution in [3.8, 4) is 11.3 Å². The van der Waals surface area contributed by atoms with Gasteiger partial charge in [0.1, 0.15) is 0 Å². The molecule has 1 aliphatic heterocycles. The van der Waals surface area contributed by atoms with Gasteiger partial charge in [0, 0.05) is 5.56 Å². The standard InChI is InChI=1S/C18H22N2O2/c21-13-7-5-12(6-8-13)18(22)9-16-14-3-1-2-4-15(14)17-10-19-11-20(16)17/h1-4,10-13,16,18,21-22H,5-9H2. The van der Waals surface area contributed by atoms with Gasteiger partial charge in [-0.1, -0.05) is 24.3 Å². The van der Waals surface area contributed by atoms with Crippen LogP contribution in [0.15, 0.2) is 36.8 Å². The lowest BCUT2D eigenvalue weighted by Crippen LogP contribution is -2.29. The summed E-state index contributed by atoms with van der Waals surface area (Å²) in [5, 5.41) is 20.3. The van der Waals surface area contributed by atoms with Crippen molar-refractivity contribution < 1.29 is 10.2 Å². The van der Waals surface area contributed by atoms with Crippen molar-refractivity contribution in [2.24, 2.45) is 5.92 Å². The SMILES string of the molecule is OC1CCC(C(O)CC2c3ccccc3-c3cncn32)CC1. The molecule has 1 saturated carbocycles. The molecule has 2 unspecified atom stereocenters. The molecule has 2 heterocycles. The summed E-state index contributed by atoms with van der Waals surface area (Å²) in [4.78, 5) is 4.27. The largest absolute Gasteiger partial charge is 0.393 e. The van der Waals surface area contributed by atoms with Crippen LogP contribution >= 0.6 is 0 Å². The van der Waals surface area contributed by atoms with Crippen molar-refractivity contribution in [3.05, 3.63) is 42.4 Å². The highest BCUT2D eigenvalue weighted by molar-refractivity contribution is 5.68. The Balaban J connectivity index is 1.56. The first-order chi connectivity index (χ1) is 10.7. The second kappa shape index (κ2) is 5.52. The molecule has 2 N–H and O–H groups in total. The van der Waals surface area contributed by atoms with Gasteiger partial charge in [0.25, 0.3) is 0 Å². The summed E-state index contributed by atoms with van der Waals surface area (Å²) in [7, 11) is 0. The van der Waals surface area contributed by atoms with Crippen LogP contribution in [0.2, 0.25) is 0 Å². The minimum Gasteiger partial charge on any atom is -0.393 e. The average Bonchev–Trinajstić information content (AvgIpc) is 3.11. The Labute approximate surface area is 130 Å². The Kier molecular flexibility index (Phi) is 3.51. The van der Waals surface area contributed by atoms with E-state index >= 15 is 0 Å². The van der Waals surface area contributed by atoms with Gasteiger partial charge in [-0.3, -0.25) is 0 Å². The lowest BCUT2D eigenvalue weighted by Gasteiger charge is -2.31. The van der Waals surface area contributed by atoms with E-state index in [1.54, 1.807) is 0 Å². The van der Waals surface area contributed by atoms with Crippen molar-refractivity contribution in [2.45, 2.75) is 50.4 Å². The van der Waals surface area contributed by atoms with Crippen molar-refractivity contribution in [1.82, 2.24) is 9.55 Å². The molecular weight excluding hydrogens is 276 g/mol. The van der Waals surface area contributed by atoms with E-state index in [0.717, 1.165) is 37.8 Å². The van der Waals surface area contributed by atoms with Crippen LogP contribution in [-0.2, 0) is 0 Å². The number of imidazole rings is 1. The van der Waals surface area contributed by atoms with Crippen LogP contribution < -0.4 is 0 Å². The van der Waals surface area contributed by atoms with Gasteiger partial charge in [-0.15, -0.1) is 0 Å². The third-order valence-electron chi connectivity index (χ3n) is 5.35. The van der Waals surface area contributed by atoms with E-state index in [1.165, 1.54) is 11.1 Å². The topological polar surface area (TPSA) is 58.3 Å². The molecule has 2 aliphatic rings. The number of rotatable bonds is 3. The Morgan fingerprint density at radius 1 is 1.18 bits per heavy atom. The van der Waals surface area contributed by atoms with Crippen molar-refractivity contribution in [3.63, 3.8) is 0 Å². The maximum absolute atomic E-state index is 10.7. The van der Waals surface area contributed by atoms with E-state index in [4.69, 9.17) is 0 Å². The van der Waals surface area contributed by atoms with E-state index < -0.39 is 0 Å². The molecule has 0 spiro atoms. The quantitative estimate of drug-likeness (QED) is 0.916. The molecule has 1 aliphatic carbocycles. The predicted molar refractivity (Wildman–Crippen MR) is 84.4 cm³/mol. The van der Waals surface area contributed by atoms with Crippen molar-refractivity contribution >= 4 is 0 Å². The summed E-state index contributed by atoms with van der Waals surface area (Å²) in [6.45, 7) is 0. The monoisotopic (exact) mass is 298 g/mol. The second-order valence-corrected chi connectivity index (χ2v) is 6.66. The van der Waals surface area contributed by atoms with Crippen LogP contribution in [0, 0.1) is 5.92 Å². The number of aromatic nitrogens is 2. The number of aliphatic hydroxyl groups is 2. The molecular formula is C18H22N2O2. The fourth-order valence-electron chi connectivity index (χ4n) is 4.08. The molecule has 0 bridgehead atoms. The maximum Gasteiger partial charge on any atom is 0.0956 e. The molecule has 1 aromatic heterocycles. The Morgan fingerprint density at radius 2 is 1.95 bits per heavy atom. The zero-order valence-corrected chi connectivity index (χ0v) is 12.6.